The summed E-state index contributed by atoms with van der Waals surface area (Å²) in [5, 5.41) is 11.1. The SMILES string of the molecule is Cc1cc(C)c(S(=O)(=O)N2CCCO2)c(C)c1[N+](=O)[O-]. The molecular formula is C12H16N2O5S. The predicted molar refractivity (Wildman–Crippen MR) is 71.8 cm³/mol. The Morgan fingerprint density at radius 3 is 2.45 bits per heavy atom. The minimum Gasteiger partial charge on any atom is -0.284 e. The van der Waals surface area contributed by atoms with Gasteiger partial charge in [0.15, 0.2) is 0 Å². The lowest BCUT2D eigenvalue weighted by atomic mass is 10.1. The molecule has 0 unspecified atom stereocenters. The van der Waals surface area contributed by atoms with Crippen molar-refractivity contribution in [3.8, 4) is 0 Å². The maximum Gasteiger partial charge on any atom is 0.276 e. The average molecular weight is 300 g/mol. The van der Waals surface area contributed by atoms with E-state index in [1.807, 2.05) is 0 Å². The second-order valence-corrected chi connectivity index (χ2v) is 6.55. The Balaban J connectivity index is 2.68. The van der Waals surface area contributed by atoms with Crippen LogP contribution in [-0.4, -0.2) is 31.0 Å². The van der Waals surface area contributed by atoms with E-state index in [0.717, 1.165) is 4.47 Å². The van der Waals surface area contributed by atoms with E-state index in [-0.39, 0.29) is 22.7 Å². The molecule has 2 rings (SSSR count). The van der Waals surface area contributed by atoms with Gasteiger partial charge in [0.05, 0.1) is 16.4 Å². The topological polar surface area (TPSA) is 89.8 Å². The largest absolute Gasteiger partial charge is 0.284 e. The molecule has 0 radical (unpaired) electrons. The molecule has 1 aromatic rings. The van der Waals surface area contributed by atoms with Crippen LogP contribution in [0.2, 0.25) is 0 Å². The monoisotopic (exact) mass is 300 g/mol. The first-order valence-corrected chi connectivity index (χ1v) is 7.61. The van der Waals surface area contributed by atoms with Crippen LogP contribution in [0.25, 0.3) is 0 Å². The van der Waals surface area contributed by atoms with Crippen molar-refractivity contribution in [1.82, 2.24) is 4.47 Å². The Bertz CT molecular complexity index is 663. The summed E-state index contributed by atoms with van der Waals surface area (Å²) in [5.74, 6) is 0. The lowest BCUT2D eigenvalue weighted by molar-refractivity contribution is -0.386. The molecule has 0 aromatic heterocycles. The van der Waals surface area contributed by atoms with E-state index in [4.69, 9.17) is 4.84 Å². The van der Waals surface area contributed by atoms with E-state index in [2.05, 4.69) is 0 Å². The van der Waals surface area contributed by atoms with Crippen molar-refractivity contribution in [3.05, 3.63) is 32.9 Å². The normalized spacial score (nSPS) is 16.6. The molecule has 1 aromatic carbocycles. The summed E-state index contributed by atoms with van der Waals surface area (Å²) in [7, 11) is -3.87. The molecule has 1 aliphatic heterocycles. The van der Waals surface area contributed by atoms with Crippen LogP contribution in [0.1, 0.15) is 23.1 Å². The molecule has 7 nitrogen and oxygen atoms in total. The number of nitro benzene ring substituents is 1. The van der Waals surface area contributed by atoms with Crippen molar-refractivity contribution < 1.29 is 18.2 Å². The van der Waals surface area contributed by atoms with Crippen molar-refractivity contribution in [2.75, 3.05) is 13.2 Å². The molecule has 0 atom stereocenters. The Hall–Kier alpha value is -1.51. The minimum absolute atomic E-state index is 0.0308. The maximum atomic E-state index is 12.5. The molecular weight excluding hydrogens is 284 g/mol. The Morgan fingerprint density at radius 2 is 1.95 bits per heavy atom. The number of rotatable bonds is 3. The van der Waals surface area contributed by atoms with Gasteiger partial charge in [0.2, 0.25) is 0 Å². The summed E-state index contributed by atoms with van der Waals surface area (Å²) >= 11 is 0. The first kappa shape index (κ1) is 14.9. The van der Waals surface area contributed by atoms with Crippen LogP contribution in [0.4, 0.5) is 5.69 Å². The molecule has 20 heavy (non-hydrogen) atoms. The fraction of sp³-hybridized carbons (Fsp3) is 0.500. The number of benzene rings is 1. The fourth-order valence-corrected chi connectivity index (χ4v) is 4.29. The third-order valence-corrected chi connectivity index (χ3v) is 5.26. The van der Waals surface area contributed by atoms with Gasteiger partial charge >= 0.3 is 0 Å². The standard InChI is InChI=1S/C12H16N2O5S/c1-8-7-9(2)12(10(3)11(8)14(15)16)20(17,18)13-5-4-6-19-13/h7H,4-6H2,1-3H3. The van der Waals surface area contributed by atoms with Gasteiger partial charge in [-0.05, 0) is 38.8 Å². The molecule has 0 aliphatic carbocycles. The zero-order valence-electron chi connectivity index (χ0n) is 11.5. The smallest absolute Gasteiger partial charge is 0.276 e. The number of sulfonamides is 1. The summed E-state index contributed by atoms with van der Waals surface area (Å²) in [6, 6.07) is 1.52. The van der Waals surface area contributed by atoms with Gasteiger partial charge in [-0.1, -0.05) is 4.47 Å². The number of aryl methyl sites for hydroxylation is 2. The number of hydrogen-bond acceptors (Lipinski definition) is 5. The van der Waals surface area contributed by atoms with Crippen LogP contribution in [0.15, 0.2) is 11.0 Å². The number of nitro groups is 1. The molecule has 1 aliphatic rings. The zero-order valence-corrected chi connectivity index (χ0v) is 12.4. The lowest BCUT2D eigenvalue weighted by Gasteiger charge is -2.18. The van der Waals surface area contributed by atoms with Gasteiger partial charge < -0.3 is 0 Å². The van der Waals surface area contributed by atoms with Gasteiger partial charge in [-0.15, -0.1) is 0 Å². The number of hydrogen-bond donors (Lipinski definition) is 0. The van der Waals surface area contributed by atoms with Crippen molar-refractivity contribution in [3.63, 3.8) is 0 Å². The summed E-state index contributed by atoms with van der Waals surface area (Å²) in [6.45, 7) is 5.29. The number of hydroxylamine groups is 1. The molecule has 8 heteroatoms. The molecule has 1 saturated heterocycles. The third kappa shape index (κ3) is 2.30. The highest BCUT2D eigenvalue weighted by atomic mass is 32.2. The number of nitrogens with zero attached hydrogens (tertiary/aromatic N) is 2. The van der Waals surface area contributed by atoms with Gasteiger partial charge in [-0.3, -0.25) is 15.0 Å². The first-order valence-electron chi connectivity index (χ1n) is 6.17. The van der Waals surface area contributed by atoms with Crippen LogP contribution in [-0.2, 0) is 14.9 Å². The van der Waals surface area contributed by atoms with E-state index in [0.29, 0.717) is 24.2 Å². The zero-order chi connectivity index (χ0) is 15.1. The van der Waals surface area contributed by atoms with Crippen LogP contribution < -0.4 is 0 Å². The molecule has 1 fully saturated rings. The summed E-state index contributed by atoms with van der Waals surface area (Å²) in [5.41, 5.74) is 0.934. The van der Waals surface area contributed by atoms with Crippen molar-refractivity contribution in [2.45, 2.75) is 32.1 Å². The molecule has 0 saturated carbocycles. The van der Waals surface area contributed by atoms with E-state index in [9.17, 15) is 18.5 Å². The molecule has 0 bridgehead atoms. The highest BCUT2D eigenvalue weighted by Crippen LogP contribution is 2.34. The van der Waals surface area contributed by atoms with Gasteiger partial charge in [0.1, 0.15) is 0 Å². The molecule has 110 valence electrons. The van der Waals surface area contributed by atoms with Crippen molar-refractivity contribution in [2.24, 2.45) is 0 Å². The van der Waals surface area contributed by atoms with Crippen LogP contribution in [0.3, 0.4) is 0 Å². The van der Waals surface area contributed by atoms with Gasteiger partial charge in [0, 0.05) is 17.7 Å². The summed E-state index contributed by atoms with van der Waals surface area (Å²) in [6.07, 6.45) is 0.616. The van der Waals surface area contributed by atoms with E-state index in [1.54, 1.807) is 13.8 Å². The maximum absolute atomic E-state index is 12.5. The van der Waals surface area contributed by atoms with E-state index >= 15 is 0 Å². The third-order valence-electron chi connectivity index (χ3n) is 3.29. The fourth-order valence-electron chi connectivity index (χ4n) is 2.55. The Kier molecular flexibility index (Phi) is 3.81. The average Bonchev–Trinajstić information content (AvgIpc) is 2.80. The molecule has 0 N–H and O–H groups in total. The molecule has 0 amide bonds. The van der Waals surface area contributed by atoms with Crippen LogP contribution in [0.5, 0.6) is 0 Å². The van der Waals surface area contributed by atoms with Gasteiger partial charge in [-0.25, -0.2) is 8.42 Å². The second-order valence-electron chi connectivity index (χ2n) is 4.79. The van der Waals surface area contributed by atoms with E-state index < -0.39 is 14.9 Å². The lowest BCUT2D eigenvalue weighted by Crippen LogP contribution is -2.28. The molecule has 1 heterocycles. The first-order chi connectivity index (χ1) is 9.26. The van der Waals surface area contributed by atoms with Crippen LogP contribution in [0, 0.1) is 30.9 Å². The van der Waals surface area contributed by atoms with Gasteiger partial charge in [0.25, 0.3) is 15.7 Å². The highest BCUT2D eigenvalue weighted by Gasteiger charge is 2.34. The van der Waals surface area contributed by atoms with E-state index in [1.165, 1.54) is 13.0 Å². The Morgan fingerprint density at radius 1 is 1.30 bits per heavy atom. The van der Waals surface area contributed by atoms with Crippen LogP contribution >= 0.6 is 0 Å². The molecule has 0 spiro atoms. The second kappa shape index (κ2) is 5.12. The quantitative estimate of drug-likeness (QED) is 0.627. The summed E-state index contributed by atoms with van der Waals surface area (Å²) in [4.78, 5) is 15.6. The van der Waals surface area contributed by atoms with Gasteiger partial charge in [-0.2, -0.15) is 0 Å². The minimum atomic E-state index is -3.87. The highest BCUT2D eigenvalue weighted by molar-refractivity contribution is 7.89. The van der Waals surface area contributed by atoms with Crippen molar-refractivity contribution >= 4 is 15.7 Å². The van der Waals surface area contributed by atoms with Crippen molar-refractivity contribution in [1.29, 1.82) is 0 Å². The predicted octanol–water partition coefficient (Wildman–Crippen LogP) is 1.85. The summed E-state index contributed by atoms with van der Waals surface area (Å²) < 4.78 is 26.0. The Labute approximate surface area is 117 Å².